The molecule has 126 valence electrons. The van der Waals surface area contributed by atoms with E-state index in [9.17, 15) is 0 Å². The number of anilines is 1. The van der Waals surface area contributed by atoms with Crippen molar-refractivity contribution in [3.05, 3.63) is 78.1 Å². The van der Waals surface area contributed by atoms with Gasteiger partial charge in [0, 0.05) is 40.8 Å². The third-order valence-corrected chi connectivity index (χ3v) is 4.66. The Morgan fingerprint density at radius 3 is 2.36 bits per heavy atom. The number of nitrogens with zero attached hydrogens (tertiary/aromatic N) is 1. The molecule has 0 aliphatic heterocycles. The molecule has 0 spiro atoms. The topological polar surface area (TPSA) is 74.8 Å². The van der Waals surface area contributed by atoms with Gasteiger partial charge in [-0.25, -0.2) is 0 Å². The van der Waals surface area contributed by atoms with Crippen molar-refractivity contribution in [3.8, 4) is 11.1 Å². The highest BCUT2D eigenvalue weighted by Crippen LogP contribution is 2.26. The molecule has 3 rings (SSSR count). The van der Waals surface area contributed by atoms with Gasteiger partial charge in [0.15, 0.2) is 0 Å². The molecule has 25 heavy (non-hydrogen) atoms. The van der Waals surface area contributed by atoms with Gasteiger partial charge < -0.3 is 11.1 Å². The number of hydrogen-bond acceptors (Lipinski definition) is 5. The van der Waals surface area contributed by atoms with E-state index in [1.165, 1.54) is 5.56 Å². The standard InChI is InChI=1S/C20H20N4S/c1-14(21)19-7-4-17(12-20(19)22)16-2-5-18(6-3-16)25-24-13-15-8-10-23-11-9-15/h2-12,21,24H,13,22H2,1H3. The summed E-state index contributed by atoms with van der Waals surface area (Å²) in [5, 5.41) is 7.71. The highest BCUT2D eigenvalue weighted by atomic mass is 32.2. The summed E-state index contributed by atoms with van der Waals surface area (Å²) < 4.78 is 3.35. The molecule has 0 saturated heterocycles. The van der Waals surface area contributed by atoms with Crippen molar-refractivity contribution in [3.63, 3.8) is 0 Å². The Morgan fingerprint density at radius 2 is 1.72 bits per heavy atom. The lowest BCUT2D eigenvalue weighted by Crippen LogP contribution is -2.02. The molecular formula is C20H20N4S. The largest absolute Gasteiger partial charge is 0.398 e. The van der Waals surface area contributed by atoms with Crippen LogP contribution in [0, 0.1) is 5.41 Å². The third-order valence-electron chi connectivity index (χ3n) is 3.86. The number of nitrogens with one attached hydrogen (secondary N) is 2. The van der Waals surface area contributed by atoms with Crippen LogP contribution in [0.4, 0.5) is 5.69 Å². The van der Waals surface area contributed by atoms with E-state index in [-0.39, 0.29) is 0 Å². The van der Waals surface area contributed by atoms with Crippen molar-refractivity contribution >= 4 is 23.3 Å². The fourth-order valence-corrected chi connectivity index (χ4v) is 3.18. The zero-order valence-electron chi connectivity index (χ0n) is 14.0. The summed E-state index contributed by atoms with van der Waals surface area (Å²) in [4.78, 5) is 5.17. The molecule has 1 heterocycles. The summed E-state index contributed by atoms with van der Waals surface area (Å²) in [5.74, 6) is 0. The van der Waals surface area contributed by atoms with Crippen LogP contribution >= 0.6 is 11.9 Å². The van der Waals surface area contributed by atoms with Gasteiger partial charge in [-0.05, 0) is 65.9 Å². The van der Waals surface area contributed by atoms with E-state index in [2.05, 4.69) is 34.0 Å². The van der Waals surface area contributed by atoms with E-state index < -0.39 is 0 Å². The van der Waals surface area contributed by atoms with Crippen LogP contribution < -0.4 is 10.5 Å². The zero-order valence-corrected chi connectivity index (χ0v) is 14.8. The van der Waals surface area contributed by atoms with Gasteiger partial charge in [-0.15, -0.1) is 0 Å². The molecule has 0 atom stereocenters. The van der Waals surface area contributed by atoms with Gasteiger partial charge in [0.2, 0.25) is 0 Å². The van der Waals surface area contributed by atoms with Crippen molar-refractivity contribution in [2.24, 2.45) is 0 Å². The van der Waals surface area contributed by atoms with Gasteiger partial charge in [-0.1, -0.05) is 24.3 Å². The lowest BCUT2D eigenvalue weighted by atomic mass is 10.0. The third kappa shape index (κ3) is 4.47. The van der Waals surface area contributed by atoms with Gasteiger partial charge in [0.25, 0.3) is 0 Å². The average molecular weight is 348 g/mol. The minimum absolute atomic E-state index is 0.482. The van der Waals surface area contributed by atoms with Gasteiger partial charge in [0.1, 0.15) is 0 Å². The molecule has 0 amide bonds. The SMILES string of the molecule is CC(=N)c1ccc(-c2ccc(SNCc3ccncc3)cc2)cc1N. The van der Waals surface area contributed by atoms with Gasteiger partial charge >= 0.3 is 0 Å². The number of benzene rings is 2. The van der Waals surface area contributed by atoms with E-state index in [4.69, 9.17) is 11.1 Å². The van der Waals surface area contributed by atoms with Crippen molar-refractivity contribution in [1.29, 1.82) is 5.41 Å². The van der Waals surface area contributed by atoms with Gasteiger partial charge in [-0.3, -0.25) is 9.71 Å². The molecule has 0 bridgehead atoms. The van der Waals surface area contributed by atoms with Crippen LogP contribution in [-0.4, -0.2) is 10.7 Å². The van der Waals surface area contributed by atoms with Crippen molar-refractivity contribution in [2.75, 3.05) is 5.73 Å². The van der Waals surface area contributed by atoms with Crippen LogP contribution in [-0.2, 0) is 6.54 Å². The Kier molecular flexibility index (Phi) is 5.48. The highest BCUT2D eigenvalue weighted by molar-refractivity contribution is 7.97. The first-order chi connectivity index (χ1) is 12.1. The first kappa shape index (κ1) is 17.2. The normalized spacial score (nSPS) is 10.6. The smallest absolute Gasteiger partial charge is 0.0411 e. The lowest BCUT2D eigenvalue weighted by molar-refractivity contribution is 0.969. The molecule has 0 radical (unpaired) electrons. The maximum Gasteiger partial charge on any atom is 0.0411 e. The number of rotatable bonds is 6. The minimum atomic E-state index is 0.482. The van der Waals surface area contributed by atoms with E-state index >= 15 is 0 Å². The highest BCUT2D eigenvalue weighted by Gasteiger charge is 2.05. The maximum absolute atomic E-state index is 7.71. The average Bonchev–Trinajstić information content (AvgIpc) is 2.63. The van der Waals surface area contributed by atoms with Gasteiger partial charge in [-0.2, -0.15) is 0 Å². The number of aromatic nitrogens is 1. The fraction of sp³-hybridized carbons (Fsp3) is 0.100. The molecule has 0 aliphatic rings. The molecule has 3 aromatic rings. The van der Waals surface area contributed by atoms with E-state index in [1.807, 2.05) is 30.3 Å². The van der Waals surface area contributed by atoms with E-state index in [1.54, 1.807) is 31.3 Å². The van der Waals surface area contributed by atoms with E-state index in [0.29, 0.717) is 11.4 Å². The second kappa shape index (κ2) is 7.96. The summed E-state index contributed by atoms with van der Waals surface area (Å²) in [7, 11) is 0. The predicted octanol–water partition coefficient (Wildman–Crippen LogP) is 4.52. The van der Waals surface area contributed by atoms with Crippen molar-refractivity contribution in [2.45, 2.75) is 18.4 Å². The predicted molar refractivity (Wildman–Crippen MR) is 106 cm³/mol. The van der Waals surface area contributed by atoms with E-state index in [0.717, 1.165) is 28.1 Å². The quantitative estimate of drug-likeness (QED) is 0.348. The molecule has 1 aromatic heterocycles. The number of nitrogens with two attached hydrogens (primary N) is 1. The number of nitrogen functional groups attached to an aromatic ring is 1. The molecule has 2 aromatic carbocycles. The minimum Gasteiger partial charge on any atom is -0.398 e. The molecule has 0 fully saturated rings. The van der Waals surface area contributed by atoms with Crippen LogP contribution in [0.15, 0.2) is 71.9 Å². The first-order valence-electron chi connectivity index (χ1n) is 7.97. The number of hydrogen-bond donors (Lipinski definition) is 3. The van der Waals surface area contributed by atoms with Crippen LogP contribution in [0.2, 0.25) is 0 Å². The van der Waals surface area contributed by atoms with Crippen molar-refractivity contribution < 1.29 is 0 Å². The Bertz CT molecular complexity index is 861. The Hall–Kier alpha value is -2.63. The second-order valence-corrected chi connectivity index (χ2v) is 6.69. The molecule has 4 N–H and O–H groups in total. The molecular weight excluding hydrogens is 328 g/mol. The Morgan fingerprint density at radius 1 is 1.04 bits per heavy atom. The molecule has 4 nitrogen and oxygen atoms in total. The Balaban J connectivity index is 1.64. The molecule has 0 saturated carbocycles. The van der Waals surface area contributed by atoms with Crippen LogP contribution in [0.3, 0.4) is 0 Å². The Labute approximate surface area is 152 Å². The summed E-state index contributed by atoms with van der Waals surface area (Å²) >= 11 is 1.61. The molecule has 0 unspecified atom stereocenters. The molecule has 5 heteroatoms. The fourth-order valence-electron chi connectivity index (χ4n) is 2.50. The monoisotopic (exact) mass is 348 g/mol. The second-order valence-electron chi connectivity index (χ2n) is 5.73. The van der Waals surface area contributed by atoms with Crippen LogP contribution in [0.25, 0.3) is 11.1 Å². The van der Waals surface area contributed by atoms with Crippen LogP contribution in [0.5, 0.6) is 0 Å². The maximum atomic E-state index is 7.71. The summed E-state index contributed by atoms with van der Waals surface area (Å²) in [6.45, 7) is 2.53. The zero-order chi connectivity index (χ0) is 17.6. The summed E-state index contributed by atoms with van der Waals surface area (Å²) in [5.41, 5.74) is 11.3. The van der Waals surface area contributed by atoms with Crippen molar-refractivity contribution in [1.82, 2.24) is 9.71 Å². The van der Waals surface area contributed by atoms with Crippen LogP contribution in [0.1, 0.15) is 18.1 Å². The first-order valence-corrected chi connectivity index (χ1v) is 8.79. The van der Waals surface area contributed by atoms with Gasteiger partial charge in [0.05, 0.1) is 0 Å². The number of pyridine rings is 1. The molecule has 0 aliphatic carbocycles. The summed E-state index contributed by atoms with van der Waals surface area (Å²) in [6.07, 6.45) is 3.60. The summed E-state index contributed by atoms with van der Waals surface area (Å²) in [6, 6.07) is 18.2. The lowest BCUT2D eigenvalue weighted by Gasteiger charge is -2.09.